The quantitative estimate of drug-likeness (QED) is 0.884. The van der Waals surface area contributed by atoms with E-state index in [9.17, 15) is 13.2 Å². The standard InChI is InChI=1S/C14H18N2O3S/c17-14-7-6-11-10-16(9-8-13(11)15-14)20(18,19)12-4-2-1-3-5-12/h1-5,11,13H,6-10H2,(H,15,17). The Morgan fingerprint density at radius 1 is 1.15 bits per heavy atom. The van der Waals surface area contributed by atoms with E-state index >= 15 is 0 Å². The molecule has 1 amide bonds. The molecule has 108 valence electrons. The highest BCUT2D eigenvalue weighted by Gasteiger charge is 2.38. The first kappa shape index (κ1) is 13.6. The molecular weight excluding hydrogens is 276 g/mol. The minimum absolute atomic E-state index is 0.0885. The molecule has 2 atom stereocenters. The van der Waals surface area contributed by atoms with Crippen LogP contribution in [0.1, 0.15) is 19.3 Å². The van der Waals surface area contributed by atoms with Gasteiger partial charge in [0.1, 0.15) is 0 Å². The van der Waals surface area contributed by atoms with Crippen molar-refractivity contribution in [3.05, 3.63) is 30.3 Å². The van der Waals surface area contributed by atoms with Gasteiger partial charge in [-0.15, -0.1) is 0 Å². The Labute approximate surface area is 119 Å². The first-order valence-corrected chi connectivity index (χ1v) is 8.36. The summed E-state index contributed by atoms with van der Waals surface area (Å²) >= 11 is 0. The lowest BCUT2D eigenvalue weighted by Crippen LogP contribution is -2.54. The number of hydrogen-bond acceptors (Lipinski definition) is 3. The lowest BCUT2D eigenvalue weighted by atomic mass is 9.86. The van der Waals surface area contributed by atoms with E-state index < -0.39 is 10.0 Å². The fourth-order valence-electron chi connectivity index (χ4n) is 3.04. The molecule has 0 bridgehead atoms. The van der Waals surface area contributed by atoms with E-state index in [-0.39, 0.29) is 17.9 Å². The van der Waals surface area contributed by atoms with Gasteiger partial charge >= 0.3 is 0 Å². The second-order valence-electron chi connectivity index (χ2n) is 5.44. The molecule has 0 radical (unpaired) electrons. The van der Waals surface area contributed by atoms with Crippen LogP contribution in [-0.4, -0.2) is 37.8 Å². The third-order valence-electron chi connectivity index (χ3n) is 4.17. The topological polar surface area (TPSA) is 66.5 Å². The summed E-state index contributed by atoms with van der Waals surface area (Å²) in [6.45, 7) is 0.973. The van der Waals surface area contributed by atoms with Gasteiger partial charge in [-0.05, 0) is 30.9 Å². The maximum atomic E-state index is 12.6. The molecule has 1 aromatic rings. The lowest BCUT2D eigenvalue weighted by molar-refractivity contribution is -0.124. The van der Waals surface area contributed by atoms with Crippen LogP contribution in [0.5, 0.6) is 0 Å². The number of hydrogen-bond donors (Lipinski definition) is 1. The summed E-state index contributed by atoms with van der Waals surface area (Å²) in [5.74, 6) is 0.325. The van der Waals surface area contributed by atoms with Crippen molar-refractivity contribution in [2.24, 2.45) is 5.92 Å². The van der Waals surface area contributed by atoms with Crippen molar-refractivity contribution in [2.45, 2.75) is 30.2 Å². The first-order valence-electron chi connectivity index (χ1n) is 6.92. The Balaban J connectivity index is 1.78. The van der Waals surface area contributed by atoms with Crippen LogP contribution in [0.4, 0.5) is 0 Å². The second kappa shape index (κ2) is 5.18. The summed E-state index contributed by atoms with van der Waals surface area (Å²) in [5, 5.41) is 2.97. The van der Waals surface area contributed by atoms with Crippen LogP contribution in [0.2, 0.25) is 0 Å². The molecule has 20 heavy (non-hydrogen) atoms. The van der Waals surface area contributed by atoms with Gasteiger partial charge in [0.25, 0.3) is 0 Å². The Hall–Kier alpha value is -1.40. The van der Waals surface area contributed by atoms with Crippen molar-refractivity contribution in [1.82, 2.24) is 9.62 Å². The van der Waals surface area contributed by atoms with Gasteiger partial charge in [0, 0.05) is 25.6 Å². The van der Waals surface area contributed by atoms with Crippen LogP contribution in [-0.2, 0) is 14.8 Å². The number of nitrogens with zero attached hydrogens (tertiary/aromatic N) is 1. The summed E-state index contributed by atoms with van der Waals surface area (Å²) < 4.78 is 26.7. The van der Waals surface area contributed by atoms with E-state index in [1.165, 1.54) is 0 Å². The molecule has 2 aliphatic rings. The third kappa shape index (κ3) is 2.45. The Kier molecular flexibility index (Phi) is 3.52. The van der Waals surface area contributed by atoms with Crippen molar-refractivity contribution >= 4 is 15.9 Å². The summed E-state index contributed by atoms with van der Waals surface area (Å²) in [6.07, 6.45) is 1.97. The number of rotatable bonds is 2. The molecule has 0 spiro atoms. The normalized spacial score (nSPS) is 27.7. The number of nitrogens with one attached hydrogen (secondary N) is 1. The Morgan fingerprint density at radius 2 is 1.90 bits per heavy atom. The fourth-order valence-corrected chi connectivity index (χ4v) is 4.57. The van der Waals surface area contributed by atoms with Crippen LogP contribution in [0.3, 0.4) is 0 Å². The molecule has 2 fully saturated rings. The van der Waals surface area contributed by atoms with Crippen LogP contribution in [0, 0.1) is 5.92 Å². The highest BCUT2D eigenvalue weighted by Crippen LogP contribution is 2.28. The Bertz CT molecular complexity index is 600. The number of amides is 1. The van der Waals surface area contributed by atoms with Crippen molar-refractivity contribution in [2.75, 3.05) is 13.1 Å². The maximum Gasteiger partial charge on any atom is 0.243 e. The zero-order valence-corrected chi connectivity index (χ0v) is 12.0. The van der Waals surface area contributed by atoms with Crippen LogP contribution in [0.25, 0.3) is 0 Å². The summed E-state index contributed by atoms with van der Waals surface area (Å²) in [5.41, 5.74) is 0. The SMILES string of the molecule is O=C1CCC2CN(S(=O)(=O)c3ccccc3)CCC2N1. The van der Waals surface area contributed by atoms with E-state index in [0.717, 1.165) is 6.42 Å². The van der Waals surface area contributed by atoms with Crippen LogP contribution < -0.4 is 5.32 Å². The molecule has 3 rings (SSSR count). The minimum Gasteiger partial charge on any atom is -0.353 e. The van der Waals surface area contributed by atoms with E-state index in [2.05, 4.69) is 5.32 Å². The predicted molar refractivity (Wildman–Crippen MR) is 74.5 cm³/mol. The molecule has 2 saturated heterocycles. The van der Waals surface area contributed by atoms with Gasteiger partial charge in [-0.25, -0.2) is 8.42 Å². The molecule has 0 aliphatic carbocycles. The van der Waals surface area contributed by atoms with E-state index in [0.29, 0.717) is 30.8 Å². The first-order chi connectivity index (χ1) is 9.57. The number of sulfonamides is 1. The molecule has 0 aromatic heterocycles. The number of carbonyl (C=O) groups is 1. The Morgan fingerprint density at radius 3 is 2.65 bits per heavy atom. The van der Waals surface area contributed by atoms with Crippen LogP contribution >= 0.6 is 0 Å². The van der Waals surface area contributed by atoms with Crippen molar-refractivity contribution < 1.29 is 13.2 Å². The van der Waals surface area contributed by atoms with Crippen molar-refractivity contribution in [1.29, 1.82) is 0 Å². The number of piperidine rings is 2. The zero-order valence-electron chi connectivity index (χ0n) is 11.2. The predicted octanol–water partition coefficient (Wildman–Crippen LogP) is 0.976. The zero-order chi connectivity index (χ0) is 14.2. The largest absolute Gasteiger partial charge is 0.353 e. The molecular formula is C14H18N2O3S. The number of carbonyl (C=O) groups excluding carboxylic acids is 1. The maximum absolute atomic E-state index is 12.6. The third-order valence-corrected chi connectivity index (χ3v) is 6.05. The van der Waals surface area contributed by atoms with Crippen LogP contribution in [0.15, 0.2) is 35.2 Å². The van der Waals surface area contributed by atoms with Gasteiger partial charge in [0.15, 0.2) is 0 Å². The summed E-state index contributed by atoms with van der Waals surface area (Å²) in [6, 6.07) is 8.68. The summed E-state index contributed by atoms with van der Waals surface area (Å²) in [4.78, 5) is 11.7. The van der Waals surface area contributed by atoms with Gasteiger partial charge in [0.2, 0.25) is 15.9 Å². The molecule has 5 nitrogen and oxygen atoms in total. The van der Waals surface area contributed by atoms with Gasteiger partial charge in [-0.1, -0.05) is 18.2 Å². The summed E-state index contributed by atoms with van der Waals surface area (Å²) in [7, 11) is -3.41. The van der Waals surface area contributed by atoms with Crippen molar-refractivity contribution in [3.63, 3.8) is 0 Å². The average molecular weight is 294 g/mol. The fraction of sp³-hybridized carbons (Fsp3) is 0.500. The van der Waals surface area contributed by atoms with Gasteiger partial charge in [-0.2, -0.15) is 4.31 Å². The van der Waals surface area contributed by atoms with E-state index in [4.69, 9.17) is 0 Å². The van der Waals surface area contributed by atoms with Gasteiger partial charge < -0.3 is 5.32 Å². The average Bonchev–Trinajstić information content (AvgIpc) is 2.47. The van der Waals surface area contributed by atoms with Crippen molar-refractivity contribution in [3.8, 4) is 0 Å². The smallest absolute Gasteiger partial charge is 0.243 e. The lowest BCUT2D eigenvalue weighted by Gasteiger charge is -2.40. The monoisotopic (exact) mass is 294 g/mol. The number of benzene rings is 1. The second-order valence-corrected chi connectivity index (χ2v) is 7.38. The highest BCUT2D eigenvalue weighted by atomic mass is 32.2. The molecule has 2 unspecified atom stereocenters. The van der Waals surface area contributed by atoms with Gasteiger partial charge in [0.05, 0.1) is 4.90 Å². The van der Waals surface area contributed by atoms with E-state index in [1.54, 1.807) is 28.6 Å². The molecule has 0 saturated carbocycles. The molecule has 1 aromatic carbocycles. The number of fused-ring (bicyclic) bond motifs is 1. The van der Waals surface area contributed by atoms with Gasteiger partial charge in [-0.3, -0.25) is 4.79 Å². The minimum atomic E-state index is -3.41. The van der Waals surface area contributed by atoms with E-state index in [1.807, 2.05) is 6.07 Å². The highest BCUT2D eigenvalue weighted by molar-refractivity contribution is 7.89. The molecule has 2 aliphatic heterocycles. The molecule has 1 N–H and O–H groups in total. The molecule has 2 heterocycles. The molecule has 6 heteroatoms.